The molecule has 1 aliphatic heterocycles. The summed E-state index contributed by atoms with van der Waals surface area (Å²) in [5.74, 6) is 0.832. The normalized spacial score (nSPS) is 13.4. The fourth-order valence-corrected chi connectivity index (χ4v) is 3.39. The molecule has 0 spiro atoms. The second kappa shape index (κ2) is 8.68. The summed E-state index contributed by atoms with van der Waals surface area (Å²) in [5.41, 5.74) is 2.11. The van der Waals surface area contributed by atoms with Crippen molar-refractivity contribution in [3.05, 3.63) is 65.3 Å². The van der Waals surface area contributed by atoms with Crippen molar-refractivity contribution in [2.24, 2.45) is 0 Å². The van der Waals surface area contributed by atoms with Crippen LogP contribution >= 0.6 is 0 Å². The molecule has 4 heterocycles. The Bertz CT molecular complexity index is 994. The van der Waals surface area contributed by atoms with Crippen LogP contribution in [0.3, 0.4) is 0 Å². The number of H-pyrrole nitrogens is 1. The SMILES string of the molecule is O=C(NCc1cc(CNC(=O)c2nnc3n2CCCCC3)ccn1)c1ccc[nH]1. The number of hydrogen-bond acceptors (Lipinski definition) is 5. The summed E-state index contributed by atoms with van der Waals surface area (Å²) < 4.78 is 1.93. The van der Waals surface area contributed by atoms with Crippen molar-refractivity contribution in [3.8, 4) is 0 Å². The summed E-state index contributed by atoms with van der Waals surface area (Å²) in [6, 6.07) is 7.17. The maximum absolute atomic E-state index is 12.6. The van der Waals surface area contributed by atoms with Gasteiger partial charge in [-0.2, -0.15) is 0 Å². The third kappa shape index (κ3) is 4.50. The molecule has 29 heavy (non-hydrogen) atoms. The van der Waals surface area contributed by atoms with E-state index in [1.54, 1.807) is 24.5 Å². The van der Waals surface area contributed by atoms with Crippen molar-refractivity contribution in [3.63, 3.8) is 0 Å². The zero-order chi connectivity index (χ0) is 20.1. The highest BCUT2D eigenvalue weighted by atomic mass is 16.2. The van der Waals surface area contributed by atoms with Crippen molar-refractivity contribution < 1.29 is 9.59 Å². The van der Waals surface area contributed by atoms with E-state index in [0.29, 0.717) is 30.3 Å². The van der Waals surface area contributed by atoms with Crippen LogP contribution in [0.1, 0.15) is 57.5 Å². The number of carbonyl (C=O) groups excluding carboxylic acids is 2. The molecule has 3 aromatic heterocycles. The summed E-state index contributed by atoms with van der Waals surface area (Å²) in [6.07, 6.45) is 7.49. The minimum absolute atomic E-state index is 0.192. The fraction of sp³-hybridized carbons (Fsp3) is 0.350. The molecule has 0 fully saturated rings. The highest BCUT2D eigenvalue weighted by molar-refractivity contribution is 5.92. The first-order valence-electron chi connectivity index (χ1n) is 9.76. The first-order valence-corrected chi connectivity index (χ1v) is 9.76. The van der Waals surface area contributed by atoms with Crippen LogP contribution in [0.25, 0.3) is 0 Å². The molecule has 2 amide bonds. The summed E-state index contributed by atoms with van der Waals surface area (Å²) in [4.78, 5) is 31.7. The lowest BCUT2D eigenvalue weighted by Crippen LogP contribution is -2.27. The molecule has 0 unspecified atom stereocenters. The zero-order valence-corrected chi connectivity index (χ0v) is 16.0. The Morgan fingerprint density at radius 1 is 1.07 bits per heavy atom. The van der Waals surface area contributed by atoms with Gasteiger partial charge in [0.25, 0.3) is 11.8 Å². The van der Waals surface area contributed by atoms with Crippen LogP contribution in [0.15, 0.2) is 36.7 Å². The van der Waals surface area contributed by atoms with E-state index in [-0.39, 0.29) is 11.8 Å². The minimum Gasteiger partial charge on any atom is -0.357 e. The molecular weight excluding hydrogens is 370 g/mol. The molecule has 9 nitrogen and oxygen atoms in total. The third-order valence-electron chi connectivity index (χ3n) is 4.92. The Hall–Kier alpha value is -3.49. The lowest BCUT2D eigenvalue weighted by molar-refractivity contribution is 0.0932. The minimum atomic E-state index is -0.232. The summed E-state index contributed by atoms with van der Waals surface area (Å²) >= 11 is 0. The molecule has 9 heteroatoms. The van der Waals surface area contributed by atoms with Gasteiger partial charge in [-0.1, -0.05) is 6.42 Å². The Labute approximate surface area is 168 Å². The Morgan fingerprint density at radius 2 is 1.97 bits per heavy atom. The van der Waals surface area contributed by atoms with Gasteiger partial charge in [-0.05, 0) is 42.7 Å². The fourth-order valence-electron chi connectivity index (χ4n) is 3.39. The molecule has 0 saturated carbocycles. The number of aromatic amines is 1. The first-order chi connectivity index (χ1) is 14.2. The highest BCUT2D eigenvalue weighted by Gasteiger charge is 2.19. The van der Waals surface area contributed by atoms with Gasteiger partial charge in [0.1, 0.15) is 11.5 Å². The molecular formula is C20H23N7O2. The maximum atomic E-state index is 12.6. The Kier molecular flexibility index (Phi) is 5.64. The van der Waals surface area contributed by atoms with Crippen LogP contribution in [-0.4, -0.2) is 36.5 Å². The first kappa shape index (κ1) is 18.9. The molecule has 0 aromatic carbocycles. The average Bonchev–Trinajstić information content (AvgIpc) is 3.36. The lowest BCUT2D eigenvalue weighted by atomic mass is 10.2. The molecule has 0 aliphatic carbocycles. The van der Waals surface area contributed by atoms with E-state index in [2.05, 4.69) is 30.8 Å². The van der Waals surface area contributed by atoms with Gasteiger partial charge < -0.3 is 20.2 Å². The molecule has 3 aromatic rings. The van der Waals surface area contributed by atoms with Gasteiger partial charge in [-0.15, -0.1) is 10.2 Å². The number of aromatic nitrogens is 5. The van der Waals surface area contributed by atoms with E-state index < -0.39 is 0 Å². The topological polar surface area (TPSA) is 118 Å². The average molecular weight is 393 g/mol. The summed E-state index contributed by atoms with van der Waals surface area (Å²) in [7, 11) is 0. The second-order valence-electron chi connectivity index (χ2n) is 7.01. The van der Waals surface area contributed by atoms with Crippen molar-refractivity contribution in [1.29, 1.82) is 0 Å². The van der Waals surface area contributed by atoms with E-state index >= 15 is 0 Å². The Balaban J connectivity index is 1.34. The van der Waals surface area contributed by atoms with E-state index in [1.165, 1.54) is 0 Å². The number of nitrogens with one attached hydrogen (secondary N) is 3. The van der Waals surface area contributed by atoms with Gasteiger partial charge in [0.2, 0.25) is 5.82 Å². The van der Waals surface area contributed by atoms with Gasteiger partial charge in [0.15, 0.2) is 0 Å². The van der Waals surface area contributed by atoms with Crippen LogP contribution < -0.4 is 10.6 Å². The zero-order valence-electron chi connectivity index (χ0n) is 16.0. The number of aryl methyl sites for hydroxylation is 1. The number of carbonyl (C=O) groups is 2. The van der Waals surface area contributed by atoms with Crippen molar-refractivity contribution >= 4 is 11.8 Å². The predicted molar refractivity (Wildman–Crippen MR) is 105 cm³/mol. The van der Waals surface area contributed by atoms with Crippen LogP contribution in [0.2, 0.25) is 0 Å². The molecule has 150 valence electrons. The largest absolute Gasteiger partial charge is 0.357 e. The number of rotatable bonds is 6. The van der Waals surface area contributed by atoms with Crippen LogP contribution in [0, 0.1) is 0 Å². The van der Waals surface area contributed by atoms with E-state index in [9.17, 15) is 9.59 Å². The summed E-state index contributed by atoms with van der Waals surface area (Å²) in [5, 5.41) is 14.0. The van der Waals surface area contributed by atoms with Crippen molar-refractivity contribution in [2.45, 2.75) is 45.3 Å². The van der Waals surface area contributed by atoms with Crippen LogP contribution in [-0.2, 0) is 26.1 Å². The molecule has 1 aliphatic rings. The smallest absolute Gasteiger partial charge is 0.289 e. The lowest BCUT2D eigenvalue weighted by Gasteiger charge is -2.09. The second-order valence-corrected chi connectivity index (χ2v) is 7.01. The quantitative estimate of drug-likeness (QED) is 0.588. The number of hydrogen-bond donors (Lipinski definition) is 3. The van der Waals surface area contributed by atoms with Crippen molar-refractivity contribution in [1.82, 2.24) is 35.4 Å². The van der Waals surface area contributed by atoms with Crippen molar-refractivity contribution in [2.75, 3.05) is 0 Å². The Morgan fingerprint density at radius 3 is 2.83 bits per heavy atom. The molecule has 0 bridgehead atoms. The molecule has 0 saturated heterocycles. The molecule has 0 radical (unpaired) electrons. The van der Waals surface area contributed by atoms with Crippen LogP contribution in [0.5, 0.6) is 0 Å². The van der Waals surface area contributed by atoms with E-state index in [1.807, 2.05) is 16.7 Å². The predicted octanol–water partition coefficient (Wildman–Crippen LogP) is 1.59. The molecule has 3 N–H and O–H groups in total. The highest BCUT2D eigenvalue weighted by Crippen LogP contribution is 2.14. The number of nitrogens with zero attached hydrogens (tertiary/aromatic N) is 4. The van der Waals surface area contributed by atoms with Gasteiger partial charge in [-0.25, -0.2) is 0 Å². The van der Waals surface area contributed by atoms with Gasteiger partial charge >= 0.3 is 0 Å². The number of amides is 2. The van der Waals surface area contributed by atoms with Crippen LogP contribution in [0.4, 0.5) is 0 Å². The van der Waals surface area contributed by atoms with E-state index in [4.69, 9.17) is 0 Å². The van der Waals surface area contributed by atoms with Gasteiger partial charge in [0, 0.05) is 31.9 Å². The maximum Gasteiger partial charge on any atom is 0.289 e. The standard InChI is InChI=1S/C20H23N7O2/c28-19(16-5-4-8-22-16)24-13-15-11-14(7-9-21-15)12-23-20(29)18-26-25-17-6-2-1-3-10-27(17)18/h4-5,7-9,11,22H,1-3,6,10,12-13H2,(H,23,29)(H,24,28). The number of pyridine rings is 1. The van der Waals surface area contributed by atoms with Gasteiger partial charge in [-0.3, -0.25) is 14.6 Å². The summed E-state index contributed by atoms with van der Waals surface area (Å²) in [6.45, 7) is 1.43. The third-order valence-corrected chi connectivity index (χ3v) is 4.92. The molecule has 0 atom stereocenters. The monoisotopic (exact) mass is 393 g/mol. The van der Waals surface area contributed by atoms with E-state index in [0.717, 1.165) is 43.6 Å². The molecule has 4 rings (SSSR count). The van der Waals surface area contributed by atoms with Gasteiger partial charge in [0.05, 0.1) is 12.2 Å². The number of fused-ring (bicyclic) bond motifs is 1.